The van der Waals surface area contributed by atoms with E-state index in [1.165, 1.54) is 5.56 Å². The smallest absolute Gasteiger partial charge is 0.354 e. The highest BCUT2D eigenvalue weighted by molar-refractivity contribution is 5.64. The molecule has 0 amide bonds. The lowest BCUT2D eigenvalue weighted by Crippen LogP contribution is -2.18. The molecule has 3 nitrogen and oxygen atoms in total. The zero-order valence-corrected chi connectivity index (χ0v) is 19.7. The van der Waals surface area contributed by atoms with Gasteiger partial charge in [0.15, 0.2) is 0 Å². The first-order valence-corrected chi connectivity index (χ1v) is 11.7. The van der Waals surface area contributed by atoms with Gasteiger partial charge < -0.3 is 10.6 Å². The number of rotatable bonds is 8. The Morgan fingerprint density at radius 3 is 2.19 bits per heavy atom. The van der Waals surface area contributed by atoms with E-state index < -0.39 is 11.7 Å². The number of anilines is 2. The van der Waals surface area contributed by atoms with Gasteiger partial charge in [0, 0.05) is 11.4 Å². The average Bonchev–Trinajstić information content (AvgIpc) is 2.82. The Morgan fingerprint density at radius 1 is 0.889 bits per heavy atom. The van der Waals surface area contributed by atoms with Gasteiger partial charge in [-0.2, -0.15) is 18.4 Å². The van der Waals surface area contributed by atoms with Crippen LogP contribution in [0.1, 0.15) is 36.0 Å². The molecule has 0 aromatic heterocycles. The number of halogens is 3. The monoisotopic (exact) mass is 485 g/mol. The van der Waals surface area contributed by atoms with E-state index in [4.69, 9.17) is 0 Å². The molecule has 1 aliphatic rings. The van der Waals surface area contributed by atoms with Crippen LogP contribution in [0.15, 0.2) is 114 Å². The van der Waals surface area contributed by atoms with Gasteiger partial charge in [-0.15, -0.1) is 0 Å². The van der Waals surface area contributed by atoms with Gasteiger partial charge >= 0.3 is 6.18 Å². The zero-order chi connectivity index (χ0) is 25.5. The van der Waals surface area contributed by atoms with Gasteiger partial charge in [-0.3, -0.25) is 0 Å². The highest BCUT2D eigenvalue weighted by atomic mass is 19.4. The summed E-state index contributed by atoms with van der Waals surface area (Å²) in [6.07, 6.45) is -0.225. The van der Waals surface area contributed by atoms with E-state index in [2.05, 4.69) is 35.4 Å². The fraction of sp³-hybridized carbons (Fsp3) is 0.167. The summed E-state index contributed by atoms with van der Waals surface area (Å²) in [6, 6.07) is 26.7. The molecule has 3 aromatic rings. The van der Waals surface area contributed by atoms with Gasteiger partial charge in [-0.05, 0) is 78.8 Å². The molecule has 3 aromatic carbocycles. The maximum Gasteiger partial charge on any atom is 0.415 e. The van der Waals surface area contributed by atoms with Crippen molar-refractivity contribution in [1.82, 2.24) is 0 Å². The normalized spacial score (nSPS) is 13.4. The van der Waals surface area contributed by atoms with Gasteiger partial charge in [-0.25, -0.2) is 0 Å². The minimum atomic E-state index is -4.56. The predicted molar refractivity (Wildman–Crippen MR) is 138 cm³/mol. The minimum absolute atomic E-state index is 0.260. The van der Waals surface area contributed by atoms with Crippen molar-refractivity contribution in [3.05, 3.63) is 131 Å². The van der Waals surface area contributed by atoms with Crippen LogP contribution < -0.4 is 10.6 Å². The molecule has 36 heavy (non-hydrogen) atoms. The molecule has 0 unspecified atom stereocenters. The lowest BCUT2D eigenvalue weighted by atomic mass is 9.89. The van der Waals surface area contributed by atoms with E-state index in [9.17, 15) is 18.4 Å². The van der Waals surface area contributed by atoms with Gasteiger partial charge in [0.25, 0.3) is 0 Å². The summed E-state index contributed by atoms with van der Waals surface area (Å²) >= 11 is 0. The largest absolute Gasteiger partial charge is 0.415 e. The van der Waals surface area contributed by atoms with E-state index >= 15 is 0 Å². The molecule has 4 rings (SSSR count). The Labute approximate surface area is 209 Å². The number of nitrogens with one attached hydrogen (secondary N) is 2. The van der Waals surface area contributed by atoms with Crippen LogP contribution >= 0.6 is 0 Å². The zero-order valence-electron chi connectivity index (χ0n) is 19.7. The highest BCUT2D eigenvalue weighted by Gasteiger charge is 2.31. The van der Waals surface area contributed by atoms with Crippen molar-refractivity contribution in [3.63, 3.8) is 0 Å². The molecule has 6 heteroatoms. The number of benzene rings is 3. The second-order valence-corrected chi connectivity index (χ2v) is 8.72. The molecular formula is C30H26F3N3. The molecule has 0 bridgehead atoms. The van der Waals surface area contributed by atoms with Crippen molar-refractivity contribution in [2.24, 2.45) is 0 Å². The summed E-state index contributed by atoms with van der Waals surface area (Å²) in [5, 5.41) is 15.7. The molecule has 0 atom stereocenters. The van der Waals surface area contributed by atoms with Crippen LogP contribution in [0.25, 0.3) is 0 Å². The van der Waals surface area contributed by atoms with Crippen molar-refractivity contribution in [1.29, 1.82) is 5.26 Å². The summed E-state index contributed by atoms with van der Waals surface area (Å²) in [5.41, 5.74) is 4.92. The molecule has 0 aliphatic heterocycles. The van der Waals surface area contributed by atoms with E-state index in [-0.39, 0.29) is 5.70 Å². The Morgan fingerprint density at radius 2 is 1.56 bits per heavy atom. The molecule has 1 saturated carbocycles. The van der Waals surface area contributed by atoms with Crippen molar-refractivity contribution in [2.45, 2.75) is 31.9 Å². The Kier molecular flexibility index (Phi) is 7.60. The first-order valence-electron chi connectivity index (χ1n) is 11.7. The third kappa shape index (κ3) is 6.45. The van der Waals surface area contributed by atoms with Crippen molar-refractivity contribution in [3.8, 4) is 6.07 Å². The number of hydrogen-bond acceptors (Lipinski definition) is 3. The lowest BCUT2D eigenvalue weighted by Gasteiger charge is -2.26. The fourth-order valence-electron chi connectivity index (χ4n) is 3.93. The molecule has 0 radical (unpaired) electrons. The summed E-state index contributed by atoms with van der Waals surface area (Å²) in [4.78, 5) is 0. The van der Waals surface area contributed by atoms with Crippen molar-refractivity contribution in [2.75, 3.05) is 10.6 Å². The molecule has 0 saturated heterocycles. The second kappa shape index (κ2) is 11.0. The maximum atomic E-state index is 13.5. The van der Waals surface area contributed by atoms with Gasteiger partial charge in [-0.1, -0.05) is 55.1 Å². The standard InChI is InChI=1S/C30H26F3N3/c1-21(30(31,32)33)16-28(35-26-14-6-11-24(19-26)20-34)29(25-12-7-13-25)36-27-15-5-10-23(18-27)17-22-8-3-2-4-9-22/h2-6,8-11,14-16,18-19,35-36H,1,7,12-13,17H2/b28-16-. The van der Waals surface area contributed by atoms with Crippen LogP contribution in [-0.4, -0.2) is 6.18 Å². The maximum absolute atomic E-state index is 13.5. The topological polar surface area (TPSA) is 47.9 Å². The third-order valence-corrected chi connectivity index (χ3v) is 5.98. The molecule has 1 aliphatic carbocycles. The fourth-order valence-corrected chi connectivity index (χ4v) is 3.93. The summed E-state index contributed by atoms with van der Waals surface area (Å²) in [6.45, 7) is 3.25. The first kappa shape index (κ1) is 24.9. The molecule has 0 heterocycles. The van der Waals surface area contributed by atoms with E-state index in [0.29, 0.717) is 16.9 Å². The van der Waals surface area contributed by atoms with Crippen molar-refractivity contribution < 1.29 is 13.2 Å². The third-order valence-electron chi connectivity index (χ3n) is 5.98. The van der Waals surface area contributed by atoms with E-state index in [1.54, 1.807) is 24.3 Å². The molecule has 182 valence electrons. The van der Waals surface area contributed by atoms with Crippen LogP contribution in [0.4, 0.5) is 24.5 Å². The SMILES string of the molecule is C=C(/C=C(\Nc1cccc(C#N)c1)C(Nc1cccc(Cc2ccccc2)c1)=C1CCC1)C(F)(F)F. The lowest BCUT2D eigenvalue weighted by molar-refractivity contribution is -0.0878. The van der Waals surface area contributed by atoms with Gasteiger partial charge in [0.1, 0.15) is 0 Å². The van der Waals surface area contributed by atoms with Gasteiger partial charge in [0.2, 0.25) is 0 Å². The Hall–Kier alpha value is -4.24. The first-order chi connectivity index (χ1) is 17.3. The quantitative estimate of drug-likeness (QED) is 0.317. The van der Waals surface area contributed by atoms with Crippen LogP contribution in [-0.2, 0) is 6.42 Å². The summed E-state index contributed by atoms with van der Waals surface area (Å²) in [5.74, 6) is 0. The van der Waals surface area contributed by atoms with E-state index in [1.807, 2.05) is 42.5 Å². The van der Waals surface area contributed by atoms with Crippen LogP contribution in [0, 0.1) is 11.3 Å². The Bertz CT molecular complexity index is 1340. The van der Waals surface area contributed by atoms with Crippen LogP contribution in [0.5, 0.6) is 0 Å². The molecular weight excluding hydrogens is 459 g/mol. The highest BCUT2D eigenvalue weighted by Crippen LogP contribution is 2.35. The van der Waals surface area contributed by atoms with Crippen molar-refractivity contribution >= 4 is 11.4 Å². The van der Waals surface area contributed by atoms with Crippen LogP contribution in [0.3, 0.4) is 0 Å². The number of nitriles is 1. The second-order valence-electron chi connectivity index (χ2n) is 8.72. The van der Waals surface area contributed by atoms with Gasteiger partial charge in [0.05, 0.1) is 28.6 Å². The van der Waals surface area contributed by atoms with E-state index in [0.717, 1.165) is 48.6 Å². The summed E-state index contributed by atoms with van der Waals surface area (Å²) in [7, 11) is 0. The number of alkyl halides is 3. The number of hydrogen-bond donors (Lipinski definition) is 2. The number of allylic oxidation sites excluding steroid dienone is 3. The Balaban J connectivity index is 1.68. The average molecular weight is 486 g/mol. The molecule has 2 N–H and O–H groups in total. The van der Waals surface area contributed by atoms with Crippen LogP contribution in [0.2, 0.25) is 0 Å². The molecule has 1 fully saturated rings. The minimum Gasteiger partial charge on any atom is -0.354 e. The number of nitrogens with zero attached hydrogens (tertiary/aromatic N) is 1. The molecule has 0 spiro atoms. The predicted octanol–water partition coefficient (Wildman–Crippen LogP) is 8.11. The summed E-state index contributed by atoms with van der Waals surface area (Å²) < 4.78 is 40.4.